The fourth-order valence-corrected chi connectivity index (χ4v) is 3.42. The van der Waals surface area contributed by atoms with E-state index in [0.29, 0.717) is 11.5 Å². The van der Waals surface area contributed by atoms with Crippen molar-refractivity contribution >= 4 is 11.0 Å². The average Bonchev–Trinajstić information content (AvgIpc) is 3.06. The van der Waals surface area contributed by atoms with Gasteiger partial charge in [0.05, 0.1) is 14.2 Å². The van der Waals surface area contributed by atoms with Gasteiger partial charge in [0.1, 0.15) is 11.3 Å². The minimum atomic E-state index is 0.682. The third kappa shape index (κ3) is 2.95. The van der Waals surface area contributed by atoms with Gasteiger partial charge in [-0.3, -0.25) is 0 Å². The average molecular weight is 358 g/mol. The lowest BCUT2D eigenvalue weighted by Crippen LogP contribution is -1.91. The van der Waals surface area contributed by atoms with E-state index in [-0.39, 0.29) is 0 Å². The Bertz CT molecular complexity index is 1110. The zero-order chi connectivity index (χ0) is 19.0. The molecule has 136 valence electrons. The molecule has 0 radical (unpaired) electrons. The Morgan fingerprint density at radius 3 is 2.11 bits per heavy atom. The van der Waals surface area contributed by atoms with Crippen LogP contribution < -0.4 is 9.47 Å². The fourth-order valence-electron chi connectivity index (χ4n) is 3.42. The van der Waals surface area contributed by atoms with Gasteiger partial charge in [-0.2, -0.15) is 0 Å². The lowest BCUT2D eigenvalue weighted by Gasteiger charge is -2.10. The third-order valence-corrected chi connectivity index (χ3v) is 5.01. The number of methoxy groups -OCH3 is 2. The summed E-state index contributed by atoms with van der Waals surface area (Å²) in [4.78, 5) is 0. The molecule has 4 rings (SSSR count). The normalized spacial score (nSPS) is 11.0. The first-order chi connectivity index (χ1) is 13.1. The maximum atomic E-state index is 6.35. The minimum Gasteiger partial charge on any atom is -0.493 e. The van der Waals surface area contributed by atoms with E-state index in [9.17, 15) is 0 Å². The molecule has 0 saturated heterocycles. The lowest BCUT2D eigenvalue weighted by atomic mass is 9.96. The van der Waals surface area contributed by atoms with Crippen LogP contribution in [-0.2, 0) is 0 Å². The fraction of sp³-hybridized carbons (Fsp3) is 0.167. The van der Waals surface area contributed by atoms with Crippen molar-refractivity contribution in [2.75, 3.05) is 14.2 Å². The zero-order valence-electron chi connectivity index (χ0n) is 16.0. The van der Waals surface area contributed by atoms with E-state index >= 15 is 0 Å². The van der Waals surface area contributed by atoms with E-state index in [0.717, 1.165) is 33.4 Å². The Morgan fingerprint density at radius 2 is 1.41 bits per heavy atom. The molecule has 0 aliphatic rings. The smallest absolute Gasteiger partial charge is 0.161 e. The molecule has 0 aliphatic heterocycles. The van der Waals surface area contributed by atoms with E-state index in [1.165, 1.54) is 11.1 Å². The summed E-state index contributed by atoms with van der Waals surface area (Å²) < 4.78 is 17.2. The van der Waals surface area contributed by atoms with Gasteiger partial charge >= 0.3 is 0 Å². The van der Waals surface area contributed by atoms with E-state index in [4.69, 9.17) is 13.9 Å². The number of aryl methyl sites for hydroxylation is 2. The monoisotopic (exact) mass is 358 g/mol. The zero-order valence-corrected chi connectivity index (χ0v) is 16.0. The van der Waals surface area contributed by atoms with Crippen LogP contribution in [0.2, 0.25) is 0 Å². The summed E-state index contributed by atoms with van der Waals surface area (Å²) >= 11 is 0. The van der Waals surface area contributed by atoms with Gasteiger partial charge in [-0.05, 0) is 60.9 Å². The molecule has 3 aromatic carbocycles. The van der Waals surface area contributed by atoms with Crippen LogP contribution in [0.15, 0.2) is 65.1 Å². The van der Waals surface area contributed by atoms with Crippen LogP contribution >= 0.6 is 0 Å². The number of hydrogen-bond donors (Lipinski definition) is 0. The summed E-state index contributed by atoms with van der Waals surface area (Å²) in [6.45, 7) is 4.24. The van der Waals surface area contributed by atoms with Crippen LogP contribution in [0.5, 0.6) is 11.5 Å². The van der Waals surface area contributed by atoms with Crippen LogP contribution in [-0.4, -0.2) is 14.2 Å². The van der Waals surface area contributed by atoms with Crippen molar-refractivity contribution in [3.8, 4) is 33.9 Å². The molecule has 4 aromatic rings. The second-order valence-electron chi connectivity index (χ2n) is 6.67. The van der Waals surface area contributed by atoms with Crippen molar-refractivity contribution in [3.63, 3.8) is 0 Å². The molecular formula is C24H22O3. The van der Waals surface area contributed by atoms with Gasteiger partial charge in [0.2, 0.25) is 0 Å². The number of rotatable bonds is 4. The summed E-state index contributed by atoms with van der Waals surface area (Å²) in [5.74, 6) is 2.22. The number of hydrogen-bond acceptors (Lipinski definition) is 3. The Labute approximate surface area is 159 Å². The predicted octanol–water partition coefficient (Wildman–Crippen LogP) is 6.40. The van der Waals surface area contributed by atoms with Crippen molar-refractivity contribution in [2.24, 2.45) is 0 Å². The molecule has 3 nitrogen and oxygen atoms in total. The van der Waals surface area contributed by atoms with Crippen molar-refractivity contribution in [1.82, 2.24) is 0 Å². The first-order valence-electron chi connectivity index (χ1n) is 8.94. The maximum absolute atomic E-state index is 6.35. The molecule has 0 N–H and O–H groups in total. The molecule has 3 heteroatoms. The van der Waals surface area contributed by atoms with Crippen molar-refractivity contribution in [2.45, 2.75) is 13.8 Å². The topological polar surface area (TPSA) is 31.6 Å². The van der Waals surface area contributed by atoms with Crippen LogP contribution in [0.4, 0.5) is 0 Å². The van der Waals surface area contributed by atoms with Crippen molar-refractivity contribution in [1.29, 1.82) is 0 Å². The van der Waals surface area contributed by atoms with E-state index in [2.05, 4.69) is 38.1 Å². The number of ether oxygens (including phenoxy) is 2. The van der Waals surface area contributed by atoms with Gasteiger partial charge in [0, 0.05) is 16.5 Å². The highest BCUT2D eigenvalue weighted by Gasteiger charge is 2.19. The van der Waals surface area contributed by atoms with E-state index < -0.39 is 0 Å². The SMILES string of the molecule is COc1ccc(-c2oc3cc(C)c(C)cc3c2-c2ccccc2)cc1OC. The molecule has 0 bridgehead atoms. The largest absolute Gasteiger partial charge is 0.493 e. The molecule has 0 amide bonds. The molecule has 1 aromatic heterocycles. The molecule has 0 atom stereocenters. The number of furan rings is 1. The molecule has 0 unspecified atom stereocenters. The summed E-state index contributed by atoms with van der Waals surface area (Å²) in [6.07, 6.45) is 0. The summed E-state index contributed by atoms with van der Waals surface area (Å²) in [6, 6.07) is 20.6. The third-order valence-electron chi connectivity index (χ3n) is 5.01. The number of fused-ring (bicyclic) bond motifs is 1. The van der Waals surface area contributed by atoms with Gasteiger partial charge in [0.15, 0.2) is 11.5 Å². The van der Waals surface area contributed by atoms with Crippen molar-refractivity contribution in [3.05, 3.63) is 71.8 Å². The first kappa shape index (κ1) is 17.2. The molecule has 27 heavy (non-hydrogen) atoms. The molecule has 0 aliphatic carbocycles. The highest BCUT2D eigenvalue weighted by molar-refractivity contribution is 6.02. The molecule has 0 fully saturated rings. The molecule has 0 spiro atoms. The van der Waals surface area contributed by atoms with Crippen LogP contribution in [0.1, 0.15) is 11.1 Å². The van der Waals surface area contributed by atoms with Crippen LogP contribution in [0, 0.1) is 13.8 Å². The van der Waals surface area contributed by atoms with Gasteiger partial charge in [0.25, 0.3) is 0 Å². The molecule has 0 saturated carbocycles. The maximum Gasteiger partial charge on any atom is 0.161 e. The quantitative estimate of drug-likeness (QED) is 0.423. The highest BCUT2D eigenvalue weighted by Crippen LogP contribution is 2.43. The highest BCUT2D eigenvalue weighted by atomic mass is 16.5. The Kier molecular flexibility index (Phi) is 4.36. The van der Waals surface area contributed by atoms with E-state index in [1.54, 1.807) is 14.2 Å². The van der Waals surface area contributed by atoms with Crippen LogP contribution in [0.25, 0.3) is 33.4 Å². The number of benzene rings is 3. The van der Waals surface area contributed by atoms with Gasteiger partial charge in [-0.1, -0.05) is 30.3 Å². The first-order valence-corrected chi connectivity index (χ1v) is 8.94. The Hall–Kier alpha value is -3.20. The molecule has 1 heterocycles. The van der Waals surface area contributed by atoms with Gasteiger partial charge < -0.3 is 13.9 Å². The lowest BCUT2D eigenvalue weighted by molar-refractivity contribution is 0.355. The van der Waals surface area contributed by atoms with E-state index in [1.807, 2.05) is 36.4 Å². The second kappa shape index (κ2) is 6.84. The van der Waals surface area contributed by atoms with Gasteiger partial charge in [-0.25, -0.2) is 0 Å². The predicted molar refractivity (Wildman–Crippen MR) is 110 cm³/mol. The van der Waals surface area contributed by atoms with Crippen molar-refractivity contribution < 1.29 is 13.9 Å². The minimum absolute atomic E-state index is 0.682. The summed E-state index contributed by atoms with van der Waals surface area (Å²) in [5.41, 5.74) is 6.54. The standard InChI is InChI=1S/C24H22O3/c1-15-12-19-21(13-16(15)2)27-24(23(19)17-8-6-5-7-9-17)18-10-11-20(25-3)22(14-18)26-4/h5-14H,1-4H3. The van der Waals surface area contributed by atoms with Crippen LogP contribution in [0.3, 0.4) is 0 Å². The van der Waals surface area contributed by atoms with Gasteiger partial charge in [-0.15, -0.1) is 0 Å². The second-order valence-corrected chi connectivity index (χ2v) is 6.67. The summed E-state index contributed by atoms with van der Waals surface area (Å²) in [5, 5.41) is 1.12. The Balaban J connectivity index is 2.03. The Morgan fingerprint density at radius 1 is 0.704 bits per heavy atom. The summed E-state index contributed by atoms with van der Waals surface area (Å²) in [7, 11) is 3.28. The molecular weight excluding hydrogens is 336 g/mol.